The molecular weight excluding hydrogens is 116 g/mol. The van der Waals surface area contributed by atoms with Gasteiger partial charge in [0.1, 0.15) is 6.23 Å². The minimum absolute atomic E-state index is 0.321. The molecule has 0 aliphatic heterocycles. The fourth-order valence-electron chi connectivity index (χ4n) is 0.794. The number of hydrogen-bond donors (Lipinski definition) is 2. The van der Waals surface area contributed by atoms with Gasteiger partial charge in [0.2, 0.25) is 0 Å². The van der Waals surface area contributed by atoms with Gasteiger partial charge in [-0.2, -0.15) is 0 Å². The first-order chi connectivity index (χ1) is 4.26. The van der Waals surface area contributed by atoms with Crippen LogP contribution in [0.4, 0.5) is 0 Å². The topological polar surface area (TPSA) is 49.5 Å². The standard InChI is InChI=1S/C6H16N2O/c1-3-8(4-2)6(9)5-7/h6,9H,3-5,7H2,1-2H3. The summed E-state index contributed by atoms with van der Waals surface area (Å²) < 4.78 is 0. The van der Waals surface area contributed by atoms with Crippen LogP contribution in [0.1, 0.15) is 13.8 Å². The fourth-order valence-corrected chi connectivity index (χ4v) is 0.794. The second kappa shape index (κ2) is 4.73. The zero-order chi connectivity index (χ0) is 7.28. The molecule has 56 valence electrons. The third-order valence-corrected chi connectivity index (χ3v) is 1.44. The highest BCUT2D eigenvalue weighted by Gasteiger charge is 2.07. The van der Waals surface area contributed by atoms with Gasteiger partial charge < -0.3 is 10.8 Å². The van der Waals surface area contributed by atoms with Crippen molar-refractivity contribution in [3.8, 4) is 0 Å². The first kappa shape index (κ1) is 8.88. The fraction of sp³-hybridized carbons (Fsp3) is 1.00. The molecule has 3 nitrogen and oxygen atoms in total. The molecule has 0 saturated heterocycles. The molecule has 0 aromatic heterocycles. The van der Waals surface area contributed by atoms with Crippen molar-refractivity contribution in [2.45, 2.75) is 20.1 Å². The molecule has 9 heavy (non-hydrogen) atoms. The van der Waals surface area contributed by atoms with E-state index in [-0.39, 0.29) is 0 Å². The van der Waals surface area contributed by atoms with E-state index in [1.165, 1.54) is 0 Å². The molecule has 0 bridgehead atoms. The highest BCUT2D eigenvalue weighted by atomic mass is 16.3. The Labute approximate surface area is 56.5 Å². The number of nitrogens with two attached hydrogens (primary N) is 1. The number of aliphatic hydroxyl groups excluding tert-OH is 1. The zero-order valence-corrected chi connectivity index (χ0v) is 6.17. The van der Waals surface area contributed by atoms with Gasteiger partial charge in [0.25, 0.3) is 0 Å². The largest absolute Gasteiger partial charge is 0.377 e. The molecule has 0 spiro atoms. The molecule has 0 fully saturated rings. The van der Waals surface area contributed by atoms with E-state index in [0.717, 1.165) is 13.1 Å². The molecule has 3 N–H and O–H groups in total. The van der Waals surface area contributed by atoms with Gasteiger partial charge in [0, 0.05) is 6.54 Å². The van der Waals surface area contributed by atoms with Crippen LogP contribution >= 0.6 is 0 Å². The molecule has 0 aliphatic rings. The lowest BCUT2D eigenvalue weighted by Crippen LogP contribution is -2.40. The van der Waals surface area contributed by atoms with Gasteiger partial charge in [0.15, 0.2) is 0 Å². The molecule has 0 aromatic carbocycles. The van der Waals surface area contributed by atoms with Crippen molar-refractivity contribution in [1.29, 1.82) is 0 Å². The Balaban J connectivity index is 3.50. The highest BCUT2D eigenvalue weighted by Crippen LogP contribution is 1.91. The monoisotopic (exact) mass is 132 g/mol. The molecular formula is C6H16N2O. The van der Waals surface area contributed by atoms with E-state index < -0.39 is 6.23 Å². The van der Waals surface area contributed by atoms with Crippen molar-refractivity contribution in [2.75, 3.05) is 19.6 Å². The molecule has 1 atom stereocenters. The Kier molecular flexibility index (Phi) is 4.67. The molecule has 0 saturated carbocycles. The third-order valence-electron chi connectivity index (χ3n) is 1.44. The second-order valence-corrected chi connectivity index (χ2v) is 1.94. The van der Waals surface area contributed by atoms with E-state index in [1.807, 2.05) is 18.7 Å². The zero-order valence-electron chi connectivity index (χ0n) is 6.17. The van der Waals surface area contributed by atoms with Crippen LogP contribution in [0.2, 0.25) is 0 Å². The summed E-state index contributed by atoms with van der Waals surface area (Å²) in [5, 5.41) is 9.12. The van der Waals surface area contributed by atoms with Crippen LogP contribution in [-0.2, 0) is 0 Å². The van der Waals surface area contributed by atoms with Gasteiger partial charge in [-0.25, -0.2) is 0 Å². The van der Waals surface area contributed by atoms with Crippen LogP contribution in [-0.4, -0.2) is 35.9 Å². The summed E-state index contributed by atoms with van der Waals surface area (Å²) in [5.74, 6) is 0. The molecule has 0 rings (SSSR count). The average molecular weight is 132 g/mol. The molecule has 0 amide bonds. The van der Waals surface area contributed by atoms with Gasteiger partial charge in [-0.3, -0.25) is 4.90 Å². The highest BCUT2D eigenvalue weighted by molar-refractivity contribution is 4.56. The Hall–Kier alpha value is -0.120. The Morgan fingerprint density at radius 2 is 1.89 bits per heavy atom. The van der Waals surface area contributed by atoms with E-state index in [4.69, 9.17) is 10.8 Å². The normalized spacial score (nSPS) is 14.3. The van der Waals surface area contributed by atoms with Crippen molar-refractivity contribution < 1.29 is 5.11 Å². The van der Waals surface area contributed by atoms with Gasteiger partial charge in [-0.1, -0.05) is 13.8 Å². The predicted molar refractivity (Wildman–Crippen MR) is 38.0 cm³/mol. The number of aliphatic hydroxyl groups is 1. The van der Waals surface area contributed by atoms with Gasteiger partial charge in [-0.15, -0.1) is 0 Å². The van der Waals surface area contributed by atoms with E-state index in [9.17, 15) is 0 Å². The Morgan fingerprint density at radius 1 is 1.44 bits per heavy atom. The van der Waals surface area contributed by atoms with Crippen LogP contribution in [0.25, 0.3) is 0 Å². The van der Waals surface area contributed by atoms with Crippen LogP contribution in [0, 0.1) is 0 Å². The van der Waals surface area contributed by atoms with E-state index in [2.05, 4.69) is 0 Å². The van der Waals surface area contributed by atoms with Gasteiger partial charge in [-0.05, 0) is 13.1 Å². The van der Waals surface area contributed by atoms with E-state index in [1.54, 1.807) is 0 Å². The molecule has 3 heteroatoms. The maximum atomic E-state index is 9.12. The van der Waals surface area contributed by atoms with Crippen molar-refractivity contribution in [3.05, 3.63) is 0 Å². The van der Waals surface area contributed by atoms with Crippen LogP contribution in [0.3, 0.4) is 0 Å². The number of rotatable bonds is 4. The summed E-state index contributed by atoms with van der Waals surface area (Å²) in [6, 6.07) is 0. The maximum absolute atomic E-state index is 9.12. The average Bonchev–Trinajstić information content (AvgIpc) is 1.90. The Bertz CT molecular complexity index is 64.1. The first-order valence-electron chi connectivity index (χ1n) is 3.38. The van der Waals surface area contributed by atoms with Gasteiger partial charge in [0.05, 0.1) is 0 Å². The van der Waals surface area contributed by atoms with Gasteiger partial charge >= 0.3 is 0 Å². The number of nitrogens with zero attached hydrogens (tertiary/aromatic N) is 1. The maximum Gasteiger partial charge on any atom is 0.119 e. The lowest BCUT2D eigenvalue weighted by molar-refractivity contribution is 0.0184. The molecule has 0 aromatic rings. The molecule has 0 radical (unpaired) electrons. The van der Waals surface area contributed by atoms with Crippen LogP contribution < -0.4 is 5.73 Å². The first-order valence-corrected chi connectivity index (χ1v) is 3.38. The molecule has 1 unspecified atom stereocenters. The van der Waals surface area contributed by atoms with Crippen molar-refractivity contribution in [2.24, 2.45) is 5.73 Å². The number of likely N-dealkylation sites (N-methyl/N-ethyl adjacent to an activating group) is 1. The van der Waals surface area contributed by atoms with Crippen LogP contribution in [0.15, 0.2) is 0 Å². The predicted octanol–water partition coefficient (Wildman–Crippen LogP) is -0.395. The van der Waals surface area contributed by atoms with E-state index in [0.29, 0.717) is 6.54 Å². The smallest absolute Gasteiger partial charge is 0.119 e. The molecule has 0 aliphatic carbocycles. The minimum atomic E-state index is -0.458. The summed E-state index contributed by atoms with van der Waals surface area (Å²) >= 11 is 0. The lowest BCUT2D eigenvalue weighted by atomic mass is 10.4. The second-order valence-electron chi connectivity index (χ2n) is 1.94. The van der Waals surface area contributed by atoms with Crippen LogP contribution in [0.5, 0.6) is 0 Å². The summed E-state index contributed by atoms with van der Waals surface area (Å²) in [7, 11) is 0. The SMILES string of the molecule is CCN(CC)C(O)CN. The molecule has 0 heterocycles. The summed E-state index contributed by atoms with van der Waals surface area (Å²) in [4.78, 5) is 1.90. The van der Waals surface area contributed by atoms with Crippen molar-refractivity contribution >= 4 is 0 Å². The van der Waals surface area contributed by atoms with Crippen molar-refractivity contribution in [3.63, 3.8) is 0 Å². The minimum Gasteiger partial charge on any atom is -0.377 e. The van der Waals surface area contributed by atoms with E-state index >= 15 is 0 Å². The Morgan fingerprint density at radius 3 is 2.00 bits per heavy atom. The van der Waals surface area contributed by atoms with Crippen molar-refractivity contribution in [1.82, 2.24) is 4.90 Å². The lowest BCUT2D eigenvalue weighted by Gasteiger charge is -2.23. The summed E-state index contributed by atoms with van der Waals surface area (Å²) in [6.07, 6.45) is -0.458. The summed E-state index contributed by atoms with van der Waals surface area (Å²) in [6.45, 7) is 6.04. The quantitative estimate of drug-likeness (QED) is 0.512. The third kappa shape index (κ3) is 2.79. The summed E-state index contributed by atoms with van der Waals surface area (Å²) in [5.41, 5.74) is 5.23. The number of hydrogen-bond acceptors (Lipinski definition) is 3.